The van der Waals surface area contributed by atoms with Crippen molar-refractivity contribution in [2.45, 2.75) is 12.6 Å². The summed E-state index contributed by atoms with van der Waals surface area (Å²) in [6, 6.07) is 15.0. The number of halogens is 2. The number of non-ortho nitro benzene ring substituents is 1. The molecule has 3 aromatic carbocycles. The summed E-state index contributed by atoms with van der Waals surface area (Å²) in [5, 5.41) is 11.7. The molecular formula is C24H14ClFN2O5. The third-order valence-electron chi connectivity index (χ3n) is 5.61. The molecule has 5 rings (SSSR count). The highest BCUT2D eigenvalue weighted by molar-refractivity contribution is 6.31. The average Bonchev–Trinajstić information content (AvgIpc) is 3.08. The number of hydrogen-bond acceptors (Lipinski definition) is 5. The molecule has 0 N–H and O–H groups in total. The largest absolute Gasteiger partial charge is 0.450 e. The third kappa shape index (κ3) is 3.54. The van der Waals surface area contributed by atoms with Gasteiger partial charge in [0.05, 0.1) is 21.9 Å². The number of hydrogen-bond donors (Lipinski definition) is 0. The summed E-state index contributed by atoms with van der Waals surface area (Å²) in [5.74, 6) is -1.02. The summed E-state index contributed by atoms with van der Waals surface area (Å²) in [7, 11) is 0. The Balaban J connectivity index is 1.70. The van der Waals surface area contributed by atoms with E-state index in [-0.39, 0.29) is 34.5 Å². The zero-order valence-electron chi connectivity index (χ0n) is 16.8. The van der Waals surface area contributed by atoms with E-state index >= 15 is 0 Å². The van der Waals surface area contributed by atoms with E-state index in [1.165, 1.54) is 53.4 Å². The van der Waals surface area contributed by atoms with Crippen LogP contribution in [0.2, 0.25) is 5.02 Å². The van der Waals surface area contributed by atoms with Gasteiger partial charge in [-0.15, -0.1) is 0 Å². The van der Waals surface area contributed by atoms with Crippen LogP contribution in [0.3, 0.4) is 0 Å². The molecule has 164 valence electrons. The second-order valence-corrected chi connectivity index (χ2v) is 8.06. The smallest absolute Gasteiger partial charge is 0.291 e. The van der Waals surface area contributed by atoms with E-state index < -0.39 is 28.1 Å². The Morgan fingerprint density at radius 3 is 2.39 bits per heavy atom. The van der Waals surface area contributed by atoms with Crippen LogP contribution in [-0.4, -0.2) is 15.7 Å². The highest BCUT2D eigenvalue weighted by Crippen LogP contribution is 2.39. The summed E-state index contributed by atoms with van der Waals surface area (Å²) < 4.78 is 19.2. The highest BCUT2D eigenvalue weighted by atomic mass is 35.5. The first-order valence-corrected chi connectivity index (χ1v) is 10.3. The van der Waals surface area contributed by atoms with Crippen molar-refractivity contribution in [2.24, 2.45) is 0 Å². The zero-order chi connectivity index (χ0) is 23.3. The zero-order valence-corrected chi connectivity index (χ0v) is 17.6. The van der Waals surface area contributed by atoms with Gasteiger partial charge in [-0.05, 0) is 53.6 Å². The molecule has 1 atom stereocenters. The van der Waals surface area contributed by atoms with Crippen LogP contribution in [0, 0.1) is 15.9 Å². The molecule has 1 amide bonds. The summed E-state index contributed by atoms with van der Waals surface area (Å²) in [5.41, 5.74) is 0.971. The standard InChI is InChI=1S/C24H14ClFN2O5/c25-15-5-10-19-18(11-15)22(29)20-21(14-3-8-17(9-4-14)28(31)32)27(24(30)23(20)33-19)12-13-1-6-16(26)7-2-13/h1-11,21H,12H2/t21-/m1/s1. The van der Waals surface area contributed by atoms with E-state index in [2.05, 4.69) is 0 Å². The first-order chi connectivity index (χ1) is 15.8. The summed E-state index contributed by atoms with van der Waals surface area (Å²) in [6.07, 6.45) is 0. The van der Waals surface area contributed by atoms with Crippen LogP contribution in [0.15, 0.2) is 75.9 Å². The van der Waals surface area contributed by atoms with Gasteiger partial charge >= 0.3 is 0 Å². The molecule has 0 bridgehead atoms. The van der Waals surface area contributed by atoms with Gasteiger partial charge in [-0.25, -0.2) is 4.39 Å². The van der Waals surface area contributed by atoms with E-state index in [0.717, 1.165) is 0 Å². The molecule has 1 aliphatic rings. The quantitative estimate of drug-likeness (QED) is 0.304. The van der Waals surface area contributed by atoms with Crippen molar-refractivity contribution in [2.75, 3.05) is 0 Å². The van der Waals surface area contributed by atoms with Gasteiger partial charge in [-0.2, -0.15) is 0 Å². The maximum atomic E-state index is 13.5. The number of fused-ring (bicyclic) bond motifs is 2. The van der Waals surface area contributed by atoms with Gasteiger partial charge in [0.1, 0.15) is 11.4 Å². The minimum Gasteiger partial charge on any atom is -0.450 e. The second-order valence-electron chi connectivity index (χ2n) is 7.63. The molecule has 0 aliphatic carbocycles. The molecular weight excluding hydrogens is 451 g/mol. The van der Waals surface area contributed by atoms with Gasteiger partial charge in [-0.1, -0.05) is 23.7 Å². The molecule has 0 spiro atoms. The SMILES string of the molecule is O=C1c2oc3ccc(Cl)cc3c(=O)c2[C@@H](c2ccc([N+](=O)[O-])cc2)N1Cc1ccc(F)cc1. The molecule has 2 heterocycles. The molecule has 1 aromatic heterocycles. The number of rotatable bonds is 4. The fraction of sp³-hybridized carbons (Fsp3) is 0.0833. The second kappa shape index (κ2) is 7.83. The van der Waals surface area contributed by atoms with Gasteiger partial charge in [0.15, 0.2) is 5.43 Å². The van der Waals surface area contributed by atoms with Gasteiger partial charge in [0.25, 0.3) is 11.6 Å². The van der Waals surface area contributed by atoms with Crippen LogP contribution in [0.4, 0.5) is 10.1 Å². The number of nitro groups is 1. The number of nitro benzene ring substituents is 1. The van der Waals surface area contributed by atoms with Crippen LogP contribution in [0.5, 0.6) is 0 Å². The molecule has 4 aromatic rings. The fourth-order valence-corrected chi connectivity index (χ4v) is 4.24. The normalized spacial score (nSPS) is 15.2. The Bertz CT molecular complexity index is 1480. The lowest BCUT2D eigenvalue weighted by Gasteiger charge is -2.25. The van der Waals surface area contributed by atoms with Crippen molar-refractivity contribution in [1.29, 1.82) is 0 Å². The number of nitrogens with zero attached hydrogens (tertiary/aromatic N) is 2. The molecule has 0 radical (unpaired) electrons. The van der Waals surface area contributed by atoms with Crippen molar-refractivity contribution in [3.05, 3.63) is 120 Å². The lowest BCUT2D eigenvalue weighted by molar-refractivity contribution is -0.384. The average molecular weight is 465 g/mol. The predicted octanol–water partition coefficient (Wildman–Crippen LogP) is 5.24. The number of carbonyl (C=O) groups excluding carboxylic acids is 1. The van der Waals surface area contributed by atoms with Crippen molar-refractivity contribution < 1.29 is 18.5 Å². The minimum atomic E-state index is -0.849. The van der Waals surface area contributed by atoms with E-state index in [0.29, 0.717) is 16.1 Å². The Morgan fingerprint density at radius 2 is 1.73 bits per heavy atom. The first-order valence-electron chi connectivity index (χ1n) is 9.89. The number of carbonyl (C=O) groups is 1. The van der Waals surface area contributed by atoms with Crippen LogP contribution >= 0.6 is 11.6 Å². The first kappa shape index (κ1) is 20.8. The Kier molecular flexibility index (Phi) is 4.94. The highest BCUT2D eigenvalue weighted by Gasteiger charge is 2.42. The topological polar surface area (TPSA) is 93.7 Å². The maximum Gasteiger partial charge on any atom is 0.291 e. The minimum absolute atomic E-state index is 0.0709. The van der Waals surface area contributed by atoms with Gasteiger partial charge in [0.2, 0.25) is 5.76 Å². The Hall–Kier alpha value is -4.04. The lowest BCUT2D eigenvalue weighted by atomic mass is 9.98. The lowest BCUT2D eigenvalue weighted by Crippen LogP contribution is -2.29. The molecule has 1 aliphatic heterocycles. The monoisotopic (exact) mass is 464 g/mol. The molecule has 9 heteroatoms. The maximum absolute atomic E-state index is 13.5. The van der Waals surface area contributed by atoms with Crippen LogP contribution in [0.1, 0.15) is 33.3 Å². The van der Waals surface area contributed by atoms with E-state index in [9.17, 15) is 24.1 Å². The van der Waals surface area contributed by atoms with Crippen LogP contribution in [0.25, 0.3) is 11.0 Å². The third-order valence-corrected chi connectivity index (χ3v) is 5.85. The van der Waals surface area contributed by atoms with E-state index in [1.54, 1.807) is 18.2 Å². The van der Waals surface area contributed by atoms with Crippen molar-refractivity contribution in [3.8, 4) is 0 Å². The van der Waals surface area contributed by atoms with Crippen molar-refractivity contribution in [1.82, 2.24) is 4.90 Å². The Morgan fingerprint density at radius 1 is 1.03 bits per heavy atom. The molecule has 0 fully saturated rings. The molecule has 0 unspecified atom stereocenters. The van der Waals surface area contributed by atoms with E-state index in [4.69, 9.17) is 16.0 Å². The van der Waals surface area contributed by atoms with Crippen LogP contribution in [-0.2, 0) is 6.54 Å². The van der Waals surface area contributed by atoms with Gasteiger partial charge in [0, 0.05) is 23.7 Å². The molecule has 0 saturated carbocycles. The van der Waals surface area contributed by atoms with Gasteiger partial charge in [-0.3, -0.25) is 19.7 Å². The molecule has 0 saturated heterocycles. The summed E-state index contributed by atoms with van der Waals surface area (Å²) in [4.78, 5) is 38.8. The fourth-order valence-electron chi connectivity index (χ4n) is 4.07. The molecule has 33 heavy (non-hydrogen) atoms. The summed E-state index contributed by atoms with van der Waals surface area (Å²) in [6.45, 7) is 0.0709. The number of benzene rings is 3. The Labute approximate surface area is 190 Å². The van der Waals surface area contributed by atoms with E-state index in [1.807, 2.05) is 0 Å². The van der Waals surface area contributed by atoms with Crippen molar-refractivity contribution in [3.63, 3.8) is 0 Å². The number of amides is 1. The van der Waals surface area contributed by atoms with Crippen molar-refractivity contribution >= 4 is 34.2 Å². The van der Waals surface area contributed by atoms with Crippen LogP contribution < -0.4 is 5.43 Å². The predicted molar refractivity (Wildman–Crippen MR) is 119 cm³/mol. The summed E-state index contributed by atoms with van der Waals surface area (Å²) >= 11 is 6.07. The molecule has 7 nitrogen and oxygen atoms in total. The van der Waals surface area contributed by atoms with Gasteiger partial charge < -0.3 is 9.32 Å².